The average Bonchev–Trinajstić information content (AvgIpc) is 3.46. The molecule has 2 heterocycles. The number of fused-ring (bicyclic) bond motifs is 1. The van der Waals surface area contributed by atoms with Gasteiger partial charge in [0.05, 0.1) is 0 Å². The van der Waals surface area contributed by atoms with E-state index in [0.29, 0.717) is 12.8 Å². The van der Waals surface area contributed by atoms with E-state index in [0.717, 1.165) is 42.1 Å². The highest BCUT2D eigenvalue weighted by atomic mass is 16.4. The van der Waals surface area contributed by atoms with Crippen LogP contribution in [0.4, 0.5) is 0 Å². The standard InChI is InChI=1S/C29H40N4O5/c1-6-10-19(11-7-2)26(34)31-23(14-17(3)4)27(35)32-24(28-33-25(29(36)37)18(5)38-28)15-20-16-30-22-13-9-8-12-21(20)22/h8-9,12-13,16-17,19,23-24,30H,6-7,10-11,14-15H2,1-5H3,(H,31,34)(H,32,35)(H,36,37)/t23?,24-/m1/s1. The SMILES string of the molecule is CCCC(CCC)C(=O)NC(CC(C)C)C(=O)N[C@H](Cc1c[nH]c2ccccc12)c1nc(C(=O)O)c(C)o1. The van der Waals surface area contributed by atoms with Crippen molar-refractivity contribution in [1.29, 1.82) is 0 Å². The van der Waals surface area contributed by atoms with Gasteiger partial charge in [0.1, 0.15) is 17.8 Å². The molecule has 0 aliphatic rings. The number of amides is 2. The molecule has 0 radical (unpaired) electrons. The molecule has 0 aliphatic heterocycles. The highest BCUT2D eigenvalue weighted by Crippen LogP contribution is 2.26. The number of aryl methyl sites for hydroxylation is 1. The van der Waals surface area contributed by atoms with Gasteiger partial charge in [0, 0.05) is 29.4 Å². The smallest absolute Gasteiger partial charge is 0.358 e. The molecular formula is C29H40N4O5. The average molecular weight is 525 g/mol. The molecule has 2 atom stereocenters. The zero-order valence-electron chi connectivity index (χ0n) is 23.0. The number of aromatic nitrogens is 2. The van der Waals surface area contributed by atoms with Crippen molar-refractivity contribution < 1.29 is 23.9 Å². The van der Waals surface area contributed by atoms with E-state index >= 15 is 0 Å². The van der Waals surface area contributed by atoms with Crippen molar-refractivity contribution in [3.8, 4) is 0 Å². The van der Waals surface area contributed by atoms with Crippen molar-refractivity contribution in [3.63, 3.8) is 0 Å². The number of nitrogens with zero attached hydrogens (tertiary/aromatic N) is 1. The highest BCUT2D eigenvalue weighted by molar-refractivity contribution is 5.89. The summed E-state index contributed by atoms with van der Waals surface area (Å²) in [5.74, 6) is -1.35. The van der Waals surface area contributed by atoms with Crippen LogP contribution in [0.3, 0.4) is 0 Å². The van der Waals surface area contributed by atoms with Gasteiger partial charge in [-0.15, -0.1) is 0 Å². The van der Waals surface area contributed by atoms with Crippen LogP contribution in [0, 0.1) is 18.8 Å². The van der Waals surface area contributed by atoms with Gasteiger partial charge in [0.2, 0.25) is 17.7 Å². The number of carboxylic acids is 1. The third kappa shape index (κ3) is 7.24. The molecule has 0 bridgehead atoms. The van der Waals surface area contributed by atoms with Crippen molar-refractivity contribution in [2.75, 3.05) is 0 Å². The van der Waals surface area contributed by atoms with E-state index in [-0.39, 0.29) is 41.0 Å². The lowest BCUT2D eigenvalue weighted by atomic mass is 9.95. The van der Waals surface area contributed by atoms with Crippen molar-refractivity contribution >= 4 is 28.7 Å². The highest BCUT2D eigenvalue weighted by Gasteiger charge is 2.30. The van der Waals surface area contributed by atoms with Gasteiger partial charge in [-0.2, -0.15) is 0 Å². The van der Waals surface area contributed by atoms with Crippen molar-refractivity contribution in [2.45, 2.75) is 85.2 Å². The molecule has 4 N–H and O–H groups in total. The molecule has 1 unspecified atom stereocenters. The Bertz CT molecular complexity index is 1240. The number of aromatic carboxylic acids is 1. The van der Waals surface area contributed by atoms with Gasteiger partial charge >= 0.3 is 5.97 Å². The van der Waals surface area contributed by atoms with Crippen LogP contribution >= 0.6 is 0 Å². The Morgan fingerprint density at radius 3 is 2.34 bits per heavy atom. The maximum Gasteiger partial charge on any atom is 0.358 e. The van der Waals surface area contributed by atoms with Crippen molar-refractivity contribution in [2.24, 2.45) is 11.8 Å². The monoisotopic (exact) mass is 524 g/mol. The first-order chi connectivity index (χ1) is 18.1. The van der Waals surface area contributed by atoms with E-state index in [2.05, 4.69) is 20.6 Å². The summed E-state index contributed by atoms with van der Waals surface area (Å²) in [4.78, 5) is 45.8. The summed E-state index contributed by atoms with van der Waals surface area (Å²) < 4.78 is 5.74. The molecule has 3 rings (SSSR count). The number of benzene rings is 1. The van der Waals surface area contributed by atoms with Gasteiger partial charge in [-0.1, -0.05) is 58.7 Å². The van der Waals surface area contributed by atoms with Gasteiger partial charge in [0.15, 0.2) is 5.69 Å². The lowest BCUT2D eigenvalue weighted by Crippen LogP contribution is -2.50. The number of para-hydroxylation sites is 1. The summed E-state index contributed by atoms with van der Waals surface area (Å²) in [6, 6.07) is 6.33. The van der Waals surface area contributed by atoms with Crippen LogP contribution in [0.15, 0.2) is 34.9 Å². The van der Waals surface area contributed by atoms with E-state index in [1.165, 1.54) is 6.92 Å². The summed E-state index contributed by atoms with van der Waals surface area (Å²) in [6.45, 7) is 9.64. The predicted molar refractivity (Wildman–Crippen MR) is 146 cm³/mol. The quantitative estimate of drug-likeness (QED) is 0.226. The molecule has 1 aromatic carbocycles. The number of rotatable bonds is 14. The molecule has 2 amide bonds. The molecule has 0 saturated carbocycles. The van der Waals surface area contributed by atoms with Crippen LogP contribution in [0.1, 0.15) is 93.5 Å². The van der Waals surface area contributed by atoms with Crippen molar-refractivity contribution in [1.82, 2.24) is 20.6 Å². The molecule has 2 aromatic heterocycles. The lowest BCUT2D eigenvalue weighted by Gasteiger charge is -2.25. The minimum absolute atomic E-state index is 0.109. The Morgan fingerprint density at radius 1 is 1.05 bits per heavy atom. The number of hydrogen-bond acceptors (Lipinski definition) is 5. The van der Waals surface area contributed by atoms with Gasteiger partial charge in [-0.3, -0.25) is 9.59 Å². The van der Waals surface area contributed by atoms with E-state index in [1.807, 2.05) is 58.2 Å². The Morgan fingerprint density at radius 2 is 1.74 bits per heavy atom. The number of oxazole rings is 1. The van der Waals surface area contributed by atoms with Crippen LogP contribution < -0.4 is 10.6 Å². The Labute approximate surface area is 223 Å². The van der Waals surface area contributed by atoms with Gasteiger partial charge in [-0.05, 0) is 43.7 Å². The first-order valence-electron chi connectivity index (χ1n) is 13.5. The summed E-state index contributed by atoms with van der Waals surface area (Å²) in [5, 5.41) is 16.5. The minimum Gasteiger partial charge on any atom is -0.476 e. The number of carboxylic acid groups (broad SMARTS) is 1. The molecule has 38 heavy (non-hydrogen) atoms. The van der Waals surface area contributed by atoms with Crippen LogP contribution in [-0.4, -0.2) is 38.9 Å². The summed E-state index contributed by atoms with van der Waals surface area (Å²) in [6.07, 6.45) is 5.98. The molecule has 3 aromatic rings. The molecule has 0 fully saturated rings. The molecule has 0 spiro atoms. The number of H-pyrrole nitrogens is 1. The van der Waals surface area contributed by atoms with Crippen molar-refractivity contribution in [3.05, 3.63) is 53.4 Å². The fourth-order valence-corrected chi connectivity index (χ4v) is 4.85. The first kappa shape index (κ1) is 28.9. The molecule has 9 nitrogen and oxygen atoms in total. The topological polar surface area (TPSA) is 137 Å². The van der Waals surface area contributed by atoms with Gasteiger partial charge < -0.3 is 25.1 Å². The Balaban J connectivity index is 1.90. The summed E-state index contributed by atoms with van der Waals surface area (Å²) in [7, 11) is 0. The molecule has 9 heteroatoms. The number of hydrogen-bond donors (Lipinski definition) is 4. The Kier molecular flexibility index (Phi) is 10.1. The summed E-state index contributed by atoms with van der Waals surface area (Å²) in [5.41, 5.74) is 1.69. The Hall–Kier alpha value is -3.62. The largest absolute Gasteiger partial charge is 0.476 e. The van der Waals surface area contributed by atoms with E-state index in [4.69, 9.17) is 4.42 Å². The van der Waals surface area contributed by atoms with Crippen LogP contribution in [0.25, 0.3) is 10.9 Å². The third-order valence-corrected chi connectivity index (χ3v) is 6.71. The number of carbonyl (C=O) groups is 3. The van der Waals surface area contributed by atoms with Gasteiger partial charge in [0.25, 0.3) is 0 Å². The second kappa shape index (κ2) is 13.3. The van der Waals surface area contributed by atoms with E-state index < -0.39 is 18.1 Å². The normalized spacial score (nSPS) is 13.1. The molecule has 0 saturated heterocycles. The number of carbonyl (C=O) groups excluding carboxylic acids is 2. The third-order valence-electron chi connectivity index (χ3n) is 6.71. The van der Waals surface area contributed by atoms with Gasteiger partial charge in [-0.25, -0.2) is 9.78 Å². The lowest BCUT2D eigenvalue weighted by molar-refractivity contribution is -0.132. The second-order valence-corrected chi connectivity index (χ2v) is 10.4. The zero-order valence-corrected chi connectivity index (χ0v) is 23.0. The molecular weight excluding hydrogens is 484 g/mol. The van der Waals surface area contributed by atoms with E-state index in [9.17, 15) is 19.5 Å². The minimum atomic E-state index is -1.20. The number of nitrogens with one attached hydrogen (secondary N) is 3. The van der Waals surface area contributed by atoms with E-state index in [1.54, 1.807) is 0 Å². The van der Waals surface area contributed by atoms with Crippen LogP contribution in [0.5, 0.6) is 0 Å². The van der Waals surface area contributed by atoms with Crippen LogP contribution in [-0.2, 0) is 16.0 Å². The maximum absolute atomic E-state index is 13.6. The molecule has 206 valence electrons. The first-order valence-corrected chi connectivity index (χ1v) is 13.5. The van der Waals surface area contributed by atoms with Crippen LogP contribution in [0.2, 0.25) is 0 Å². The predicted octanol–water partition coefficient (Wildman–Crippen LogP) is 5.31. The fraction of sp³-hybridized carbons (Fsp3) is 0.517. The molecule has 0 aliphatic carbocycles. The summed E-state index contributed by atoms with van der Waals surface area (Å²) >= 11 is 0. The fourth-order valence-electron chi connectivity index (χ4n) is 4.85. The zero-order chi connectivity index (χ0) is 27.8. The number of aromatic amines is 1. The maximum atomic E-state index is 13.6. The second-order valence-electron chi connectivity index (χ2n) is 10.4.